The van der Waals surface area contributed by atoms with E-state index in [0.717, 1.165) is 84.9 Å². The van der Waals surface area contributed by atoms with Crippen LogP contribution in [0.4, 0.5) is 62.6 Å². The highest BCUT2D eigenvalue weighted by Gasteiger charge is 2.52. The van der Waals surface area contributed by atoms with E-state index in [-0.39, 0.29) is 24.5 Å². The van der Waals surface area contributed by atoms with Crippen LogP contribution in [0, 0.1) is 0 Å². The van der Waals surface area contributed by atoms with Crippen molar-refractivity contribution in [3.8, 4) is 22.9 Å². The monoisotopic (exact) mass is 1040 g/mol. The summed E-state index contributed by atoms with van der Waals surface area (Å²) >= 11 is 1.99. The molecular weight excluding hydrogens is 995 g/mol. The van der Waals surface area contributed by atoms with Crippen LogP contribution in [-0.2, 0) is 0 Å². The van der Waals surface area contributed by atoms with Crippen LogP contribution in [0.5, 0.6) is 11.5 Å². The van der Waals surface area contributed by atoms with E-state index in [1.54, 1.807) is 0 Å². The minimum absolute atomic E-state index is 0.0274. The number of ether oxygens (including phenoxy) is 1. The molecule has 16 rings (SSSR count). The summed E-state index contributed by atoms with van der Waals surface area (Å²) in [6.45, 7) is -0.103. The summed E-state index contributed by atoms with van der Waals surface area (Å²) in [6.07, 6.45) is 8.96. The van der Waals surface area contributed by atoms with E-state index < -0.39 is 0 Å². The first-order valence-corrected chi connectivity index (χ1v) is 28.2. The lowest BCUT2D eigenvalue weighted by Gasteiger charge is -2.49. The lowest BCUT2D eigenvalue weighted by Crippen LogP contribution is -2.59. The Kier molecular flexibility index (Phi) is 11.0. The second kappa shape index (κ2) is 19.0. The van der Waals surface area contributed by atoms with E-state index >= 15 is 0 Å². The lowest BCUT2D eigenvalue weighted by atomic mass is 9.28. The van der Waals surface area contributed by atoms with Gasteiger partial charge in [-0.05, 0) is 148 Å². The van der Waals surface area contributed by atoms with Crippen molar-refractivity contribution in [2.75, 3.05) is 19.6 Å². The van der Waals surface area contributed by atoms with Gasteiger partial charge in [-0.15, -0.1) is 11.8 Å². The van der Waals surface area contributed by atoms with Gasteiger partial charge in [0.1, 0.15) is 11.5 Å². The maximum Gasteiger partial charge on any atom is 0.255 e. The van der Waals surface area contributed by atoms with Gasteiger partial charge in [-0.3, -0.25) is 0 Å². The molecule has 11 aromatic rings. The van der Waals surface area contributed by atoms with Crippen LogP contribution in [0.3, 0.4) is 0 Å². The zero-order chi connectivity index (χ0) is 52.7. The highest BCUT2D eigenvalue weighted by Crippen LogP contribution is 2.55. The summed E-state index contributed by atoms with van der Waals surface area (Å²) in [5, 5.41) is 0.0274. The van der Waals surface area contributed by atoms with Crippen molar-refractivity contribution in [3.63, 3.8) is 0 Å². The van der Waals surface area contributed by atoms with Crippen LogP contribution in [0.15, 0.2) is 295 Å². The SMILES string of the molecule is C1=C2B3c4ccccc4Oc4cc(N(c5ccccc5)c5ccccc5)cc(c43)N(c3ccccc3-c3ncccn3)C2=CC2Sc3cc(N(c4ccccc4)c4ccccc4)cc4c3B(c3ccccc3N4c3ccccc3)C12. The molecule has 2 atom stereocenters. The topological polar surface area (TPSA) is 48.0 Å². The normalized spacial score (nSPS) is 15.8. The van der Waals surface area contributed by atoms with Crippen LogP contribution in [0.2, 0.25) is 5.82 Å². The molecule has 0 N–H and O–H groups in total. The van der Waals surface area contributed by atoms with E-state index in [2.05, 4.69) is 280 Å². The maximum atomic E-state index is 7.24. The highest BCUT2D eigenvalue weighted by molar-refractivity contribution is 8.00. The van der Waals surface area contributed by atoms with E-state index in [1.807, 2.05) is 30.2 Å². The Morgan fingerprint density at radius 1 is 0.425 bits per heavy atom. The fourth-order valence-corrected chi connectivity index (χ4v) is 14.6. The number of nitrogens with zero attached hydrogens (tertiary/aromatic N) is 6. The molecule has 0 saturated heterocycles. The number of rotatable bonds is 9. The summed E-state index contributed by atoms with van der Waals surface area (Å²) in [5.41, 5.74) is 20.3. The molecule has 1 aromatic heterocycles. The molecule has 0 spiro atoms. The predicted octanol–water partition coefficient (Wildman–Crippen LogP) is 15.2. The van der Waals surface area contributed by atoms with Crippen LogP contribution in [0.25, 0.3) is 11.4 Å². The van der Waals surface area contributed by atoms with Crippen LogP contribution >= 0.6 is 11.8 Å². The number of thioether (sulfide) groups is 1. The molecule has 10 aromatic carbocycles. The first-order chi connectivity index (χ1) is 39.7. The summed E-state index contributed by atoms with van der Waals surface area (Å²) in [6, 6.07) is 91.7. The Morgan fingerprint density at radius 3 is 1.59 bits per heavy atom. The average Bonchev–Trinajstić information content (AvgIpc) is 3.71. The molecule has 0 saturated carbocycles. The number of fused-ring (bicyclic) bond motifs is 8. The van der Waals surface area contributed by atoms with Crippen LogP contribution in [-0.4, -0.2) is 28.6 Å². The van der Waals surface area contributed by atoms with Crippen molar-refractivity contribution in [2.45, 2.75) is 16.0 Å². The highest BCUT2D eigenvalue weighted by atomic mass is 32.2. The van der Waals surface area contributed by atoms with Gasteiger partial charge < -0.3 is 24.3 Å². The van der Waals surface area contributed by atoms with Gasteiger partial charge in [-0.2, -0.15) is 0 Å². The first-order valence-electron chi connectivity index (χ1n) is 27.4. The van der Waals surface area contributed by atoms with E-state index in [4.69, 9.17) is 14.7 Å². The molecule has 80 heavy (non-hydrogen) atoms. The van der Waals surface area contributed by atoms with Gasteiger partial charge in [0.2, 0.25) is 6.71 Å². The number of allylic oxidation sites excluding steroid dienone is 2. The smallest absolute Gasteiger partial charge is 0.255 e. The van der Waals surface area contributed by atoms with Crippen molar-refractivity contribution in [2.24, 2.45) is 0 Å². The molecule has 0 bridgehead atoms. The minimum atomic E-state index is -0.136. The fourth-order valence-electron chi connectivity index (χ4n) is 13.1. The van der Waals surface area contributed by atoms with Crippen molar-refractivity contribution in [1.82, 2.24) is 9.97 Å². The number of hydrogen-bond acceptors (Lipinski definition) is 8. The van der Waals surface area contributed by atoms with Gasteiger partial charge in [-0.1, -0.05) is 146 Å². The Morgan fingerprint density at radius 2 is 0.950 bits per heavy atom. The molecule has 2 unspecified atom stereocenters. The molecule has 0 fully saturated rings. The second-order valence-corrected chi connectivity index (χ2v) is 22.0. The molecule has 5 heterocycles. The van der Waals surface area contributed by atoms with E-state index in [9.17, 15) is 0 Å². The molecular formula is C70H48B2N6OS. The standard InChI is InChI=1S/C70H48B2N6OS/c1-6-23-47(24-7-1)75(48-25-8-2-9-26-48)52-41-62-68-65(43-52)79-64-38-21-18-35-56(64)72(68)57-45-58-66(46-61(57)78(62)59-36-19-16-33-54(59)70-73-39-22-40-74-70)80-67-44-53(76(49-27-10-3-11-28-49)50-29-12-4-13-30-50)42-63-69(67)71(58)55-34-17-20-37-60(55)77(63)51-31-14-5-15-32-51/h1-46,58,66H. The predicted molar refractivity (Wildman–Crippen MR) is 333 cm³/mol. The number of aromatic nitrogens is 2. The van der Waals surface area contributed by atoms with Gasteiger partial charge in [0.05, 0.1) is 11.4 Å². The zero-order valence-corrected chi connectivity index (χ0v) is 44.2. The van der Waals surface area contributed by atoms with Gasteiger partial charge >= 0.3 is 0 Å². The maximum absolute atomic E-state index is 7.24. The minimum Gasteiger partial charge on any atom is -0.458 e. The number of hydrogen-bond donors (Lipinski definition) is 0. The van der Waals surface area contributed by atoms with Crippen LogP contribution in [0.1, 0.15) is 0 Å². The number of benzene rings is 10. The van der Waals surface area contributed by atoms with Crippen molar-refractivity contribution in [1.29, 1.82) is 0 Å². The van der Waals surface area contributed by atoms with E-state index in [1.165, 1.54) is 32.7 Å². The lowest BCUT2D eigenvalue weighted by molar-refractivity contribution is 0.487. The summed E-state index contributed by atoms with van der Waals surface area (Å²) < 4.78 is 7.24. The van der Waals surface area contributed by atoms with Gasteiger partial charge in [0, 0.05) is 91.1 Å². The Labute approximate surface area is 470 Å². The molecule has 376 valence electrons. The third kappa shape index (κ3) is 7.47. The molecule has 4 aliphatic heterocycles. The molecule has 0 radical (unpaired) electrons. The molecule has 7 nitrogen and oxygen atoms in total. The quantitative estimate of drug-likeness (QED) is 0.133. The first kappa shape index (κ1) is 46.3. The molecule has 0 amide bonds. The van der Waals surface area contributed by atoms with Gasteiger partial charge in [0.25, 0.3) is 6.71 Å². The second-order valence-electron chi connectivity index (χ2n) is 20.8. The largest absolute Gasteiger partial charge is 0.458 e. The van der Waals surface area contributed by atoms with Crippen molar-refractivity contribution in [3.05, 3.63) is 291 Å². The van der Waals surface area contributed by atoms with E-state index in [0.29, 0.717) is 5.82 Å². The van der Waals surface area contributed by atoms with Crippen molar-refractivity contribution >= 4 is 110 Å². The number of para-hydroxylation sites is 8. The third-order valence-corrected chi connectivity index (χ3v) is 17.7. The third-order valence-electron chi connectivity index (χ3n) is 16.4. The van der Waals surface area contributed by atoms with Crippen molar-refractivity contribution < 1.29 is 4.74 Å². The fraction of sp³-hybridized carbons (Fsp3) is 0.0286. The Bertz CT molecular complexity index is 4170. The summed E-state index contributed by atoms with van der Waals surface area (Å²) in [7, 11) is 0. The Hall–Kier alpha value is -9.76. The summed E-state index contributed by atoms with van der Waals surface area (Å²) in [5.74, 6) is 2.44. The molecule has 10 heteroatoms. The Balaban J connectivity index is 0.968. The molecule has 5 aliphatic rings. The zero-order valence-electron chi connectivity index (χ0n) is 43.4. The average molecular weight is 1040 g/mol. The van der Waals surface area contributed by atoms with Gasteiger partial charge in [-0.25, -0.2) is 9.97 Å². The molecule has 1 aliphatic carbocycles. The van der Waals surface area contributed by atoms with Crippen LogP contribution < -0.4 is 46.2 Å². The summed E-state index contributed by atoms with van der Waals surface area (Å²) in [4.78, 5) is 20.8. The van der Waals surface area contributed by atoms with Gasteiger partial charge in [0.15, 0.2) is 5.82 Å². The number of anilines is 11.